The van der Waals surface area contributed by atoms with Crippen molar-refractivity contribution in [3.63, 3.8) is 0 Å². The van der Waals surface area contributed by atoms with E-state index in [2.05, 4.69) is 26.2 Å². The van der Waals surface area contributed by atoms with Gasteiger partial charge in [0.2, 0.25) is 10.6 Å². The second-order valence-electron chi connectivity index (χ2n) is 10.4. The van der Waals surface area contributed by atoms with Gasteiger partial charge in [-0.25, -0.2) is 14.2 Å². The van der Waals surface area contributed by atoms with Crippen LogP contribution in [0.1, 0.15) is 63.3 Å². The van der Waals surface area contributed by atoms with E-state index in [0.717, 1.165) is 0 Å². The van der Waals surface area contributed by atoms with E-state index in [9.17, 15) is 23.9 Å². The Morgan fingerprint density at radius 2 is 2.00 bits per heavy atom. The number of nitrogens with zero attached hydrogens (tertiary/aromatic N) is 2. The molecule has 0 aromatic carbocycles. The minimum Gasteiger partial charge on any atom is -0.460 e. The Labute approximate surface area is 236 Å². The van der Waals surface area contributed by atoms with Crippen molar-refractivity contribution in [1.82, 2.24) is 15.2 Å². The molecule has 11 heteroatoms. The second kappa shape index (κ2) is 14.0. The van der Waals surface area contributed by atoms with Crippen LogP contribution in [0.15, 0.2) is 45.0 Å². The van der Waals surface area contributed by atoms with Crippen LogP contribution in [-0.2, 0) is 20.7 Å². The van der Waals surface area contributed by atoms with E-state index in [1.807, 2.05) is 20.8 Å². The van der Waals surface area contributed by atoms with E-state index >= 15 is 0 Å². The summed E-state index contributed by atoms with van der Waals surface area (Å²) in [5.74, 6) is -1.61. The Kier molecular flexibility index (Phi) is 11.1. The summed E-state index contributed by atoms with van der Waals surface area (Å²) in [6, 6.07) is -0.794. The normalized spacial score (nSPS) is 31.2. The number of ether oxygens (including phenoxy) is 1. The number of rotatable bonds is 1. The zero-order valence-electron chi connectivity index (χ0n) is 22.7. The lowest BCUT2D eigenvalue weighted by atomic mass is 9.94. The fourth-order valence-electron chi connectivity index (χ4n) is 4.79. The summed E-state index contributed by atoms with van der Waals surface area (Å²) < 4.78 is 26.2. The molecular weight excluding hydrogens is 573 g/mol. The maximum Gasteiger partial charge on any atom is 0.329 e. The third kappa shape index (κ3) is 8.60. The van der Waals surface area contributed by atoms with Gasteiger partial charge in [0.25, 0.3) is 5.91 Å². The molecule has 5 atom stereocenters. The molecule has 1 aromatic rings. The van der Waals surface area contributed by atoms with Gasteiger partial charge in [-0.1, -0.05) is 50.6 Å². The molecule has 1 fully saturated rings. The molecule has 2 unspecified atom stereocenters. The SMILES string of the molecule is CC1=C\[C@@H](O)CC(F)Cc2nc(c(Br)o2)C(=O)N2CCCC2C(=O)O[C@H](C(C)C)[C@H](C)/C=C/C(=O)NC\C=C\1. The molecule has 3 rings (SSSR count). The van der Waals surface area contributed by atoms with E-state index in [-0.39, 0.29) is 53.4 Å². The highest BCUT2D eigenvalue weighted by atomic mass is 79.9. The maximum absolute atomic E-state index is 14.7. The van der Waals surface area contributed by atoms with Gasteiger partial charge in [-0.2, -0.15) is 0 Å². The van der Waals surface area contributed by atoms with Crippen molar-refractivity contribution >= 4 is 33.7 Å². The van der Waals surface area contributed by atoms with Crippen LogP contribution in [-0.4, -0.2) is 70.3 Å². The number of carbonyl (C=O) groups excluding carboxylic acids is 3. The molecule has 1 saturated heterocycles. The van der Waals surface area contributed by atoms with E-state index in [4.69, 9.17) is 9.15 Å². The number of oxazole rings is 1. The largest absolute Gasteiger partial charge is 0.460 e. The van der Waals surface area contributed by atoms with Gasteiger partial charge in [0.05, 0.1) is 12.5 Å². The number of hydrogen-bond donors (Lipinski definition) is 2. The fraction of sp³-hybridized carbons (Fsp3) is 0.571. The number of hydrogen-bond acceptors (Lipinski definition) is 7. The molecule has 1 aromatic heterocycles. The molecule has 214 valence electrons. The summed E-state index contributed by atoms with van der Waals surface area (Å²) in [4.78, 5) is 44.5. The average Bonchev–Trinajstić information content (AvgIpc) is 3.49. The summed E-state index contributed by atoms with van der Waals surface area (Å²) >= 11 is 3.20. The third-order valence-electron chi connectivity index (χ3n) is 6.72. The van der Waals surface area contributed by atoms with Crippen molar-refractivity contribution in [1.29, 1.82) is 0 Å². The molecule has 2 aliphatic heterocycles. The first-order valence-corrected chi connectivity index (χ1v) is 14.0. The summed E-state index contributed by atoms with van der Waals surface area (Å²) in [5, 5.41) is 13.0. The van der Waals surface area contributed by atoms with E-state index in [0.29, 0.717) is 25.0 Å². The lowest BCUT2D eigenvalue weighted by Gasteiger charge is -2.29. The van der Waals surface area contributed by atoms with Gasteiger partial charge >= 0.3 is 5.97 Å². The van der Waals surface area contributed by atoms with Crippen LogP contribution in [0.3, 0.4) is 0 Å². The Balaban J connectivity index is 1.88. The number of alkyl halides is 1. The highest BCUT2D eigenvalue weighted by Crippen LogP contribution is 2.28. The van der Waals surface area contributed by atoms with Crippen LogP contribution in [0.25, 0.3) is 0 Å². The molecule has 39 heavy (non-hydrogen) atoms. The number of nitrogens with one attached hydrogen (secondary N) is 1. The lowest BCUT2D eigenvalue weighted by molar-refractivity contribution is -0.158. The molecule has 9 nitrogen and oxygen atoms in total. The molecule has 0 saturated carbocycles. The second-order valence-corrected chi connectivity index (χ2v) is 11.1. The molecule has 3 heterocycles. The molecule has 0 spiro atoms. The summed E-state index contributed by atoms with van der Waals surface area (Å²) in [6.07, 6.45) is 5.70. The van der Waals surface area contributed by atoms with Crippen LogP contribution in [0.2, 0.25) is 0 Å². The monoisotopic (exact) mass is 609 g/mol. The number of aromatic nitrogens is 1. The Hall–Kier alpha value is -2.79. The molecule has 2 bridgehead atoms. The molecular formula is C28H37BrFN3O6. The van der Waals surface area contributed by atoms with Gasteiger partial charge < -0.3 is 24.5 Å². The predicted octanol–water partition coefficient (Wildman–Crippen LogP) is 4.07. The van der Waals surface area contributed by atoms with Gasteiger partial charge in [0, 0.05) is 25.4 Å². The number of esters is 1. The minimum absolute atomic E-state index is 0.0125. The summed E-state index contributed by atoms with van der Waals surface area (Å²) in [7, 11) is 0. The topological polar surface area (TPSA) is 122 Å². The number of halogens is 2. The van der Waals surface area contributed by atoms with Crippen molar-refractivity contribution in [2.75, 3.05) is 13.1 Å². The number of amides is 2. The number of allylic oxidation sites excluding steroid dienone is 2. The Morgan fingerprint density at radius 3 is 2.72 bits per heavy atom. The van der Waals surface area contributed by atoms with Crippen molar-refractivity contribution in [3.05, 3.63) is 52.2 Å². The van der Waals surface area contributed by atoms with Crippen LogP contribution >= 0.6 is 15.9 Å². The summed E-state index contributed by atoms with van der Waals surface area (Å²) in [5.41, 5.74) is 0.666. The van der Waals surface area contributed by atoms with Gasteiger partial charge in [0.15, 0.2) is 11.6 Å². The fourth-order valence-corrected chi connectivity index (χ4v) is 5.24. The number of aliphatic hydroxyl groups excluding tert-OH is 1. The van der Waals surface area contributed by atoms with Crippen molar-refractivity contribution in [3.8, 4) is 0 Å². The quantitative estimate of drug-likeness (QED) is 0.460. The smallest absolute Gasteiger partial charge is 0.329 e. The van der Waals surface area contributed by atoms with E-state index in [1.165, 1.54) is 17.1 Å². The van der Waals surface area contributed by atoms with Crippen molar-refractivity contribution < 1.29 is 33.0 Å². The Bertz CT molecular complexity index is 1130. The van der Waals surface area contributed by atoms with Crippen molar-refractivity contribution in [2.45, 2.75) is 77.8 Å². The zero-order valence-corrected chi connectivity index (χ0v) is 24.3. The minimum atomic E-state index is -1.47. The number of fused-ring (bicyclic) bond motifs is 3. The summed E-state index contributed by atoms with van der Waals surface area (Å²) in [6.45, 7) is 8.09. The van der Waals surface area contributed by atoms with Crippen LogP contribution < -0.4 is 5.32 Å². The first-order chi connectivity index (χ1) is 18.5. The lowest BCUT2D eigenvalue weighted by Crippen LogP contribution is -2.44. The molecule has 2 amide bonds. The van der Waals surface area contributed by atoms with Crippen molar-refractivity contribution in [2.24, 2.45) is 11.8 Å². The average molecular weight is 611 g/mol. The third-order valence-corrected chi connectivity index (χ3v) is 7.26. The van der Waals surface area contributed by atoms with Gasteiger partial charge in [0.1, 0.15) is 18.3 Å². The first kappa shape index (κ1) is 30.7. The highest BCUT2D eigenvalue weighted by Gasteiger charge is 2.39. The number of cyclic esters (lactones) is 1. The van der Waals surface area contributed by atoms with Gasteiger partial charge in [-0.3, -0.25) is 9.59 Å². The molecule has 0 radical (unpaired) electrons. The van der Waals surface area contributed by atoms with E-state index in [1.54, 1.807) is 25.2 Å². The number of aliphatic hydroxyl groups is 1. The van der Waals surface area contributed by atoms with Gasteiger partial charge in [-0.05, 0) is 47.7 Å². The Morgan fingerprint density at radius 1 is 1.26 bits per heavy atom. The first-order valence-electron chi connectivity index (χ1n) is 13.3. The predicted molar refractivity (Wildman–Crippen MR) is 146 cm³/mol. The number of carbonyl (C=O) groups is 3. The van der Waals surface area contributed by atoms with Crippen LogP contribution in [0, 0.1) is 11.8 Å². The van der Waals surface area contributed by atoms with Gasteiger partial charge in [-0.15, -0.1) is 0 Å². The molecule has 0 aliphatic carbocycles. The van der Waals surface area contributed by atoms with Crippen LogP contribution in [0.5, 0.6) is 0 Å². The van der Waals surface area contributed by atoms with E-state index < -0.39 is 36.3 Å². The standard InChI is InChI=1S/C28H37BrFN3O6/c1-16(2)25-18(4)9-10-22(35)31-11-5-7-17(3)13-20(34)14-19(30)15-23-32-24(26(29)38-23)27(36)33-12-6-8-21(33)28(37)39-25/h5,7,9-10,13,16,18-21,25,34H,6,8,11-12,14-15H2,1-4H3,(H,31,35)/b7-5+,10-9+,17-13+/t18-,19?,20-,21?,25-/m1/s1. The zero-order chi connectivity index (χ0) is 28.7. The molecule has 2 N–H and O–H groups in total. The van der Waals surface area contributed by atoms with Crippen LogP contribution in [0.4, 0.5) is 4.39 Å². The molecule has 2 aliphatic rings. The highest BCUT2D eigenvalue weighted by molar-refractivity contribution is 9.10. The maximum atomic E-state index is 14.7.